The number of nitrogens with one attached hydrogen (secondary N) is 1. The highest BCUT2D eigenvalue weighted by molar-refractivity contribution is 7.80. The first-order valence-corrected chi connectivity index (χ1v) is 9.46. The van der Waals surface area contributed by atoms with Gasteiger partial charge in [0.25, 0.3) is 0 Å². The minimum atomic E-state index is -0.00435. The molecule has 2 aromatic heterocycles. The van der Waals surface area contributed by atoms with Gasteiger partial charge < -0.3 is 19.9 Å². The molecule has 1 saturated carbocycles. The number of aliphatic hydroxyl groups excluding tert-OH is 1. The summed E-state index contributed by atoms with van der Waals surface area (Å²) in [6.07, 6.45) is 9.09. The van der Waals surface area contributed by atoms with Crippen LogP contribution in [0.3, 0.4) is 0 Å². The number of aliphatic hydroxyl groups is 1. The second-order valence-electron chi connectivity index (χ2n) is 6.82. The Bertz CT molecular complexity index is 726. The van der Waals surface area contributed by atoms with Crippen molar-refractivity contribution in [2.75, 3.05) is 13.2 Å². The number of thiocarbonyl (C=S) groups is 1. The van der Waals surface area contributed by atoms with Crippen molar-refractivity contribution in [3.8, 4) is 0 Å². The lowest BCUT2D eigenvalue weighted by atomic mass is 10.0. The Morgan fingerprint density at radius 3 is 2.76 bits per heavy atom. The molecule has 5 nitrogen and oxygen atoms in total. The van der Waals surface area contributed by atoms with Gasteiger partial charge in [-0.3, -0.25) is 4.98 Å². The molecule has 0 spiro atoms. The third-order valence-corrected chi connectivity index (χ3v) is 5.72. The lowest BCUT2D eigenvalue weighted by Gasteiger charge is -2.30. The molecule has 2 aromatic rings. The first-order valence-electron chi connectivity index (χ1n) is 9.05. The van der Waals surface area contributed by atoms with Crippen LogP contribution in [0.2, 0.25) is 0 Å². The summed E-state index contributed by atoms with van der Waals surface area (Å²) in [6, 6.07) is 10.9. The Kier molecular flexibility index (Phi) is 4.72. The van der Waals surface area contributed by atoms with Crippen LogP contribution < -0.4 is 5.32 Å². The van der Waals surface area contributed by atoms with E-state index in [1.165, 1.54) is 31.4 Å². The molecular weight excluding hydrogens is 332 g/mol. The fourth-order valence-electron chi connectivity index (χ4n) is 4.25. The van der Waals surface area contributed by atoms with E-state index in [1.807, 2.05) is 24.4 Å². The van der Waals surface area contributed by atoms with E-state index < -0.39 is 0 Å². The van der Waals surface area contributed by atoms with E-state index in [1.54, 1.807) is 0 Å². The first kappa shape index (κ1) is 16.5. The zero-order valence-electron chi connectivity index (χ0n) is 14.2. The number of β-amino-alcohol motifs (C(OH)–C–C–N with tert-alkyl or cyclic N) is 1. The van der Waals surface area contributed by atoms with Gasteiger partial charge in [0.1, 0.15) is 0 Å². The maximum Gasteiger partial charge on any atom is 0.170 e. The van der Waals surface area contributed by atoms with Crippen LogP contribution in [0.5, 0.6) is 0 Å². The van der Waals surface area contributed by atoms with E-state index in [0.29, 0.717) is 17.7 Å². The Morgan fingerprint density at radius 1 is 1.20 bits per heavy atom. The molecule has 6 heteroatoms. The molecule has 0 bridgehead atoms. The number of pyridine rings is 1. The summed E-state index contributed by atoms with van der Waals surface area (Å²) in [5.74, 6) is 0. The van der Waals surface area contributed by atoms with Crippen LogP contribution in [0.4, 0.5) is 0 Å². The van der Waals surface area contributed by atoms with Crippen LogP contribution in [-0.2, 0) is 0 Å². The topological polar surface area (TPSA) is 53.3 Å². The Hall–Kier alpha value is -1.92. The van der Waals surface area contributed by atoms with Gasteiger partial charge in [0.05, 0.1) is 24.4 Å². The fraction of sp³-hybridized carbons (Fsp3) is 0.474. The molecule has 132 valence electrons. The molecule has 2 fully saturated rings. The maximum atomic E-state index is 9.55. The van der Waals surface area contributed by atoms with Gasteiger partial charge in [-0.2, -0.15) is 0 Å². The van der Waals surface area contributed by atoms with Crippen molar-refractivity contribution < 1.29 is 5.11 Å². The van der Waals surface area contributed by atoms with E-state index in [-0.39, 0.29) is 18.7 Å². The highest BCUT2D eigenvalue weighted by atomic mass is 32.1. The highest BCUT2D eigenvalue weighted by Gasteiger charge is 2.41. The molecule has 2 atom stereocenters. The predicted molar refractivity (Wildman–Crippen MR) is 101 cm³/mol. The minimum Gasteiger partial charge on any atom is -0.395 e. The Morgan fingerprint density at radius 2 is 2.04 bits per heavy atom. The van der Waals surface area contributed by atoms with Crippen LogP contribution >= 0.6 is 12.2 Å². The molecule has 0 radical (unpaired) electrons. The van der Waals surface area contributed by atoms with Crippen LogP contribution in [-0.4, -0.2) is 37.8 Å². The smallest absolute Gasteiger partial charge is 0.170 e. The van der Waals surface area contributed by atoms with Gasteiger partial charge in [0, 0.05) is 30.7 Å². The average molecular weight is 356 g/mol. The van der Waals surface area contributed by atoms with Gasteiger partial charge in [0.2, 0.25) is 0 Å². The van der Waals surface area contributed by atoms with Crippen LogP contribution in [0, 0.1) is 0 Å². The van der Waals surface area contributed by atoms with Crippen molar-refractivity contribution in [3.63, 3.8) is 0 Å². The van der Waals surface area contributed by atoms with Crippen molar-refractivity contribution in [1.29, 1.82) is 0 Å². The highest BCUT2D eigenvalue weighted by Crippen LogP contribution is 2.41. The summed E-state index contributed by atoms with van der Waals surface area (Å²) in [5.41, 5.74) is 2.23. The predicted octanol–water partition coefficient (Wildman–Crippen LogP) is 2.96. The zero-order chi connectivity index (χ0) is 17.2. The fourth-order valence-corrected chi connectivity index (χ4v) is 4.58. The van der Waals surface area contributed by atoms with Crippen LogP contribution in [0.1, 0.15) is 55.2 Å². The summed E-state index contributed by atoms with van der Waals surface area (Å²) in [5, 5.41) is 13.7. The van der Waals surface area contributed by atoms with Crippen molar-refractivity contribution in [1.82, 2.24) is 19.8 Å². The van der Waals surface area contributed by atoms with E-state index in [2.05, 4.69) is 38.1 Å². The van der Waals surface area contributed by atoms with E-state index >= 15 is 0 Å². The number of aromatic nitrogens is 2. The average Bonchev–Trinajstić information content (AvgIpc) is 3.36. The largest absolute Gasteiger partial charge is 0.395 e. The van der Waals surface area contributed by atoms with Gasteiger partial charge in [-0.1, -0.05) is 18.9 Å². The molecule has 2 N–H and O–H groups in total. The summed E-state index contributed by atoms with van der Waals surface area (Å²) in [7, 11) is 0. The molecule has 3 heterocycles. The van der Waals surface area contributed by atoms with Gasteiger partial charge >= 0.3 is 0 Å². The normalized spacial score (nSPS) is 24.0. The number of nitrogens with zero attached hydrogens (tertiary/aromatic N) is 3. The van der Waals surface area contributed by atoms with Crippen LogP contribution in [0.25, 0.3) is 0 Å². The molecule has 0 aromatic carbocycles. The molecule has 0 unspecified atom stereocenters. The number of rotatable bonds is 5. The Balaban J connectivity index is 1.74. The minimum absolute atomic E-state index is 0.00435. The molecule has 25 heavy (non-hydrogen) atoms. The maximum absolute atomic E-state index is 9.55. The number of hydrogen-bond donors (Lipinski definition) is 2. The lowest BCUT2D eigenvalue weighted by Crippen LogP contribution is -2.33. The molecule has 1 aliphatic carbocycles. The van der Waals surface area contributed by atoms with E-state index in [0.717, 1.165) is 5.69 Å². The summed E-state index contributed by atoms with van der Waals surface area (Å²) < 4.78 is 2.42. The molecule has 2 aliphatic rings. The van der Waals surface area contributed by atoms with Crippen molar-refractivity contribution in [3.05, 3.63) is 54.1 Å². The third-order valence-electron chi connectivity index (χ3n) is 5.37. The third kappa shape index (κ3) is 3.04. The summed E-state index contributed by atoms with van der Waals surface area (Å²) in [4.78, 5) is 6.66. The second-order valence-corrected chi connectivity index (χ2v) is 7.21. The first-order chi connectivity index (χ1) is 12.3. The summed E-state index contributed by atoms with van der Waals surface area (Å²) >= 11 is 5.58. The lowest BCUT2D eigenvalue weighted by molar-refractivity contribution is 0.217. The van der Waals surface area contributed by atoms with Crippen molar-refractivity contribution in [2.24, 2.45) is 0 Å². The molecular formula is C19H24N4OS. The molecule has 4 rings (SSSR count). The van der Waals surface area contributed by atoms with Crippen molar-refractivity contribution in [2.45, 2.75) is 43.8 Å². The molecule has 1 aliphatic heterocycles. The van der Waals surface area contributed by atoms with E-state index in [9.17, 15) is 5.11 Å². The quantitative estimate of drug-likeness (QED) is 0.807. The second kappa shape index (κ2) is 7.14. The van der Waals surface area contributed by atoms with Gasteiger partial charge in [-0.25, -0.2) is 0 Å². The Labute approximate surface area is 153 Å². The van der Waals surface area contributed by atoms with Gasteiger partial charge in [-0.05, 0) is 49.3 Å². The van der Waals surface area contributed by atoms with Gasteiger partial charge in [-0.15, -0.1) is 0 Å². The van der Waals surface area contributed by atoms with Crippen LogP contribution in [0.15, 0.2) is 42.7 Å². The molecule has 1 saturated heterocycles. The zero-order valence-corrected chi connectivity index (χ0v) is 15.0. The summed E-state index contributed by atoms with van der Waals surface area (Å²) in [6.45, 7) is 0.604. The standard InChI is InChI=1S/C19H24N4OS/c24-13-12-23-18(16-9-5-11-22(16)14-6-1-2-7-14)17(21-19(23)25)15-8-3-4-10-20-15/h3-5,8-11,14,17-18,24H,1-2,6-7,12-13H2,(H,21,25)/t17-,18-/m0/s1. The van der Waals surface area contributed by atoms with Crippen molar-refractivity contribution >= 4 is 17.3 Å². The number of hydrogen-bond acceptors (Lipinski definition) is 3. The monoisotopic (exact) mass is 356 g/mol. The van der Waals surface area contributed by atoms with Gasteiger partial charge in [0.15, 0.2) is 5.11 Å². The SMILES string of the molecule is OCCN1C(=S)N[C@@H](c2ccccn2)[C@@H]1c1cccn1C1CCCC1. The van der Waals surface area contributed by atoms with E-state index in [4.69, 9.17) is 12.2 Å². The molecule has 0 amide bonds.